The lowest BCUT2D eigenvalue weighted by Gasteiger charge is -2.06. The van der Waals surface area contributed by atoms with Gasteiger partial charge >= 0.3 is 5.97 Å². The van der Waals surface area contributed by atoms with Crippen LogP contribution in [0.25, 0.3) is 10.6 Å². The molecule has 5 nitrogen and oxygen atoms in total. The van der Waals surface area contributed by atoms with Crippen LogP contribution in [0.15, 0.2) is 46.5 Å². The molecule has 1 aromatic carbocycles. The minimum absolute atomic E-state index is 0.0439. The average molecular weight is 407 g/mol. The summed E-state index contributed by atoms with van der Waals surface area (Å²) in [6, 6.07) is 9.17. The maximum Gasteiger partial charge on any atom is 0.312 e. The summed E-state index contributed by atoms with van der Waals surface area (Å²) >= 11 is 8.96. The Balaban J connectivity index is 1.41. The van der Waals surface area contributed by atoms with Gasteiger partial charge in [-0.3, -0.25) is 9.59 Å². The van der Waals surface area contributed by atoms with Gasteiger partial charge in [-0.1, -0.05) is 23.7 Å². The summed E-state index contributed by atoms with van der Waals surface area (Å²) in [5, 5.41) is 9.97. The van der Waals surface area contributed by atoms with Crippen LogP contribution in [0, 0.1) is 0 Å². The Labute approximate surface area is 163 Å². The lowest BCUT2D eigenvalue weighted by atomic mass is 10.2. The first-order valence-corrected chi connectivity index (χ1v) is 9.94. The van der Waals surface area contributed by atoms with Crippen LogP contribution >= 0.6 is 34.3 Å². The van der Waals surface area contributed by atoms with Crippen LogP contribution in [0.1, 0.15) is 11.3 Å². The van der Waals surface area contributed by atoms with Gasteiger partial charge in [0.1, 0.15) is 5.01 Å². The molecule has 0 unspecified atom stereocenters. The summed E-state index contributed by atoms with van der Waals surface area (Å²) in [6.07, 6.45) is 0.0439. The molecule has 0 fully saturated rings. The zero-order valence-electron chi connectivity index (χ0n) is 13.6. The molecule has 3 aromatic rings. The highest BCUT2D eigenvalue weighted by Crippen LogP contribution is 2.25. The third-order valence-electron chi connectivity index (χ3n) is 3.39. The van der Waals surface area contributed by atoms with Gasteiger partial charge in [0.05, 0.1) is 12.1 Å². The van der Waals surface area contributed by atoms with Gasteiger partial charge < -0.3 is 10.1 Å². The maximum absolute atomic E-state index is 11.9. The number of thiophene rings is 1. The van der Waals surface area contributed by atoms with Gasteiger partial charge in [-0.2, -0.15) is 11.3 Å². The number of hydrogen-bond acceptors (Lipinski definition) is 6. The molecule has 2 aromatic heterocycles. The number of nitrogens with one attached hydrogen (secondary N) is 1. The Hall–Kier alpha value is -2.22. The van der Waals surface area contributed by atoms with Crippen LogP contribution in [0.3, 0.4) is 0 Å². The SMILES string of the molecule is O=C(COC(=O)Cc1csc(-c2ccsc2)n1)NCc1cccc(Cl)c1. The molecule has 3 rings (SSSR count). The van der Waals surface area contributed by atoms with Gasteiger partial charge in [0.2, 0.25) is 0 Å². The van der Waals surface area contributed by atoms with Crippen LogP contribution < -0.4 is 5.32 Å². The van der Waals surface area contributed by atoms with E-state index in [1.807, 2.05) is 34.3 Å². The fourth-order valence-corrected chi connectivity index (χ4v) is 3.90. The van der Waals surface area contributed by atoms with Gasteiger partial charge in [-0.25, -0.2) is 4.98 Å². The molecule has 0 aliphatic carbocycles. The standard InChI is InChI=1S/C18H15ClN2O3S2/c19-14-3-1-2-12(6-14)8-20-16(22)9-24-17(23)7-15-11-26-18(21-15)13-4-5-25-10-13/h1-6,10-11H,7-9H2,(H,20,22). The van der Waals surface area contributed by atoms with Crippen LogP contribution in [0.4, 0.5) is 0 Å². The lowest BCUT2D eigenvalue weighted by molar-refractivity contribution is -0.147. The predicted octanol–water partition coefficient (Wildman–Crippen LogP) is 3.93. The van der Waals surface area contributed by atoms with Crippen molar-refractivity contribution in [1.82, 2.24) is 10.3 Å². The number of ether oxygens (including phenoxy) is 1. The second kappa shape index (κ2) is 8.93. The monoisotopic (exact) mass is 406 g/mol. The van der Waals surface area contributed by atoms with E-state index < -0.39 is 5.97 Å². The third-order valence-corrected chi connectivity index (χ3v) is 5.25. The van der Waals surface area contributed by atoms with Crippen molar-refractivity contribution in [2.24, 2.45) is 0 Å². The van der Waals surface area contributed by atoms with Gasteiger partial charge in [-0.05, 0) is 29.1 Å². The van der Waals surface area contributed by atoms with E-state index in [1.54, 1.807) is 23.5 Å². The first-order chi connectivity index (χ1) is 12.6. The van der Waals surface area contributed by atoms with Crippen LogP contribution in [0.5, 0.6) is 0 Å². The van der Waals surface area contributed by atoms with Crippen LogP contribution in [-0.4, -0.2) is 23.5 Å². The van der Waals surface area contributed by atoms with Crippen molar-refractivity contribution in [1.29, 1.82) is 0 Å². The van der Waals surface area contributed by atoms with E-state index in [9.17, 15) is 9.59 Å². The van der Waals surface area contributed by atoms with Gasteiger partial charge in [0, 0.05) is 27.9 Å². The smallest absolute Gasteiger partial charge is 0.312 e. The highest BCUT2D eigenvalue weighted by molar-refractivity contribution is 7.14. The molecule has 1 amide bonds. The maximum atomic E-state index is 11.9. The molecule has 0 saturated carbocycles. The molecule has 0 bridgehead atoms. The zero-order chi connectivity index (χ0) is 18.4. The van der Waals surface area contributed by atoms with E-state index >= 15 is 0 Å². The highest BCUT2D eigenvalue weighted by atomic mass is 35.5. The lowest BCUT2D eigenvalue weighted by Crippen LogP contribution is -2.28. The Morgan fingerprint density at radius 1 is 1.23 bits per heavy atom. The molecule has 26 heavy (non-hydrogen) atoms. The molecule has 0 saturated heterocycles. The van der Waals surface area contributed by atoms with E-state index in [1.165, 1.54) is 11.3 Å². The Morgan fingerprint density at radius 3 is 2.88 bits per heavy atom. The van der Waals surface area contributed by atoms with Gasteiger partial charge in [0.25, 0.3) is 5.91 Å². The summed E-state index contributed by atoms with van der Waals surface area (Å²) in [4.78, 5) is 28.1. The number of carbonyl (C=O) groups excluding carboxylic acids is 2. The number of nitrogens with zero attached hydrogens (tertiary/aromatic N) is 1. The fraction of sp³-hybridized carbons (Fsp3) is 0.167. The number of rotatable bonds is 7. The molecule has 8 heteroatoms. The first-order valence-electron chi connectivity index (χ1n) is 7.74. The van der Waals surface area contributed by atoms with Crippen molar-refractivity contribution in [3.05, 3.63) is 62.8 Å². The van der Waals surface area contributed by atoms with E-state index in [4.69, 9.17) is 16.3 Å². The number of aromatic nitrogens is 1. The summed E-state index contributed by atoms with van der Waals surface area (Å²) in [5.74, 6) is -0.847. The van der Waals surface area contributed by atoms with Crippen molar-refractivity contribution in [3.63, 3.8) is 0 Å². The second-order valence-corrected chi connectivity index (χ2v) is 7.47. The van der Waals surface area contributed by atoms with E-state index in [0.717, 1.165) is 16.1 Å². The molecule has 0 spiro atoms. The van der Waals surface area contributed by atoms with Crippen LogP contribution in [0.2, 0.25) is 5.02 Å². The molecule has 2 heterocycles. The number of esters is 1. The molecule has 1 N–H and O–H groups in total. The minimum atomic E-state index is -0.481. The van der Waals surface area contributed by atoms with Gasteiger partial charge in [0.15, 0.2) is 6.61 Å². The van der Waals surface area contributed by atoms with Crippen molar-refractivity contribution in [2.45, 2.75) is 13.0 Å². The van der Waals surface area contributed by atoms with E-state index in [0.29, 0.717) is 17.3 Å². The normalized spacial score (nSPS) is 10.5. The number of halogens is 1. The molecule has 0 aliphatic rings. The van der Waals surface area contributed by atoms with Crippen molar-refractivity contribution >= 4 is 46.2 Å². The molecule has 0 radical (unpaired) electrons. The third kappa shape index (κ3) is 5.39. The molecular weight excluding hydrogens is 392 g/mol. The fourth-order valence-electron chi connectivity index (χ4n) is 2.15. The Bertz CT molecular complexity index is 893. The summed E-state index contributed by atoms with van der Waals surface area (Å²) < 4.78 is 5.01. The molecule has 134 valence electrons. The Kier molecular flexibility index (Phi) is 6.38. The summed E-state index contributed by atoms with van der Waals surface area (Å²) in [5.41, 5.74) is 2.56. The number of hydrogen-bond donors (Lipinski definition) is 1. The van der Waals surface area contributed by atoms with Gasteiger partial charge in [-0.15, -0.1) is 11.3 Å². The predicted molar refractivity (Wildman–Crippen MR) is 103 cm³/mol. The molecular formula is C18H15ClN2O3S2. The van der Waals surface area contributed by atoms with Crippen LogP contribution in [-0.2, 0) is 27.3 Å². The first kappa shape index (κ1) is 18.6. The number of carbonyl (C=O) groups is 2. The van der Waals surface area contributed by atoms with Crippen molar-refractivity contribution < 1.29 is 14.3 Å². The number of amides is 1. The molecule has 0 atom stereocenters. The quantitative estimate of drug-likeness (QED) is 0.603. The van der Waals surface area contributed by atoms with E-state index in [2.05, 4.69) is 10.3 Å². The number of benzene rings is 1. The summed E-state index contributed by atoms with van der Waals surface area (Å²) in [7, 11) is 0. The topological polar surface area (TPSA) is 68.3 Å². The largest absolute Gasteiger partial charge is 0.455 e. The van der Waals surface area contributed by atoms with E-state index in [-0.39, 0.29) is 18.9 Å². The molecule has 0 aliphatic heterocycles. The summed E-state index contributed by atoms with van der Waals surface area (Å²) in [6.45, 7) is 0.00789. The zero-order valence-corrected chi connectivity index (χ0v) is 16.0. The van der Waals surface area contributed by atoms with Crippen molar-refractivity contribution in [3.8, 4) is 10.6 Å². The average Bonchev–Trinajstić information content (AvgIpc) is 3.29. The minimum Gasteiger partial charge on any atom is -0.455 e. The second-order valence-electron chi connectivity index (χ2n) is 5.40. The Morgan fingerprint density at radius 2 is 2.12 bits per heavy atom. The highest BCUT2D eigenvalue weighted by Gasteiger charge is 2.12. The van der Waals surface area contributed by atoms with Crippen molar-refractivity contribution in [2.75, 3.05) is 6.61 Å². The number of thiazole rings is 1.